The van der Waals surface area contributed by atoms with Gasteiger partial charge in [0.25, 0.3) is 0 Å². The van der Waals surface area contributed by atoms with Crippen molar-refractivity contribution in [3.05, 3.63) is 23.8 Å². The third kappa shape index (κ3) is 3.78. The molecule has 26 heavy (non-hydrogen) atoms. The van der Waals surface area contributed by atoms with Gasteiger partial charge in [-0.1, -0.05) is 17.8 Å². The average Bonchev–Trinajstić information content (AvgIpc) is 3.33. The van der Waals surface area contributed by atoms with Gasteiger partial charge in [-0.3, -0.25) is 24.8 Å². The number of thioether (sulfide) groups is 1. The second kappa shape index (κ2) is 7.55. The number of benzene rings is 1. The van der Waals surface area contributed by atoms with Crippen molar-refractivity contribution in [3.8, 4) is 11.5 Å². The van der Waals surface area contributed by atoms with Gasteiger partial charge in [-0.05, 0) is 17.7 Å². The van der Waals surface area contributed by atoms with E-state index in [1.54, 1.807) is 4.90 Å². The molecule has 1 aromatic rings. The summed E-state index contributed by atoms with van der Waals surface area (Å²) in [6.07, 6.45) is 0. The fourth-order valence-electron chi connectivity index (χ4n) is 3.11. The number of nitrogens with zero attached hydrogens (tertiary/aromatic N) is 3. The number of fused-ring (bicyclic) bond motifs is 1. The summed E-state index contributed by atoms with van der Waals surface area (Å²) < 4.78 is 10.7. The van der Waals surface area contributed by atoms with E-state index in [-0.39, 0.29) is 6.79 Å². The normalized spacial score (nSPS) is 19.4. The molecular formula is C17H20N4O4S. The number of ether oxygens (including phenoxy) is 2. The van der Waals surface area contributed by atoms with Crippen molar-refractivity contribution in [2.24, 2.45) is 4.99 Å². The third-order valence-corrected chi connectivity index (χ3v) is 5.39. The molecule has 2 amide bonds. The molecule has 0 bridgehead atoms. The zero-order valence-corrected chi connectivity index (χ0v) is 15.1. The number of piperazine rings is 1. The molecule has 0 aromatic heterocycles. The number of aliphatic imine (C=N–C) groups is 1. The molecule has 0 unspecified atom stereocenters. The Morgan fingerprint density at radius 1 is 1.15 bits per heavy atom. The summed E-state index contributed by atoms with van der Waals surface area (Å²) in [5.74, 6) is 1.33. The van der Waals surface area contributed by atoms with Crippen LogP contribution in [0.15, 0.2) is 23.2 Å². The first-order valence-corrected chi connectivity index (χ1v) is 9.56. The van der Waals surface area contributed by atoms with E-state index in [0.717, 1.165) is 42.4 Å². The second-order valence-electron chi connectivity index (χ2n) is 6.25. The van der Waals surface area contributed by atoms with Gasteiger partial charge in [-0.15, -0.1) is 0 Å². The fourth-order valence-corrected chi connectivity index (χ4v) is 3.83. The largest absolute Gasteiger partial charge is 0.454 e. The van der Waals surface area contributed by atoms with E-state index < -0.39 is 11.8 Å². The van der Waals surface area contributed by atoms with Gasteiger partial charge in [0.1, 0.15) is 0 Å². The Bertz CT molecular complexity index is 746. The van der Waals surface area contributed by atoms with E-state index in [9.17, 15) is 9.59 Å². The average molecular weight is 376 g/mol. The predicted molar refractivity (Wildman–Crippen MR) is 97.3 cm³/mol. The zero-order valence-electron chi connectivity index (χ0n) is 14.3. The Kier molecular flexibility index (Phi) is 4.98. The lowest BCUT2D eigenvalue weighted by Crippen LogP contribution is -2.52. The summed E-state index contributed by atoms with van der Waals surface area (Å²) in [4.78, 5) is 32.3. The molecule has 1 aromatic carbocycles. The Morgan fingerprint density at radius 2 is 1.96 bits per heavy atom. The van der Waals surface area contributed by atoms with Gasteiger partial charge < -0.3 is 14.4 Å². The highest BCUT2D eigenvalue weighted by Gasteiger charge is 2.27. The number of hydrogen-bond donors (Lipinski definition) is 1. The molecule has 138 valence electrons. The lowest BCUT2D eigenvalue weighted by Gasteiger charge is -2.34. The first-order valence-electron chi connectivity index (χ1n) is 8.57. The Balaban J connectivity index is 1.27. The SMILES string of the molecule is O=C(NC1=NCCS1)C(=O)N1CCN(Cc2ccc3c(c2)OCO3)CC1. The number of rotatable bonds is 2. The number of carbonyl (C=O) groups excluding carboxylic acids is 2. The highest BCUT2D eigenvalue weighted by atomic mass is 32.2. The third-order valence-electron chi connectivity index (χ3n) is 4.50. The molecule has 8 nitrogen and oxygen atoms in total. The maximum absolute atomic E-state index is 12.3. The van der Waals surface area contributed by atoms with E-state index in [0.29, 0.717) is 24.8 Å². The van der Waals surface area contributed by atoms with Gasteiger partial charge in [-0.2, -0.15) is 0 Å². The monoisotopic (exact) mass is 376 g/mol. The molecule has 3 heterocycles. The summed E-state index contributed by atoms with van der Waals surface area (Å²) >= 11 is 1.46. The first-order chi connectivity index (χ1) is 12.7. The van der Waals surface area contributed by atoms with E-state index in [1.165, 1.54) is 11.8 Å². The molecule has 4 rings (SSSR count). The maximum atomic E-state index is 12.3. The van der Waals surface area contributed by atoms with Crippen LogP contribution in [0.3, 0.4) is 0 Å². The van der Waals surface area contributed by atoms with Crippen molar-refractivity contribution in [2.45, 2.75) is 6.54 Å². The van der Waals surface area contributed by atoms with Gasteiger partial charge in [0.15, 0.2) is 16.7 Å². The quantitative estimate of drug-likeness (QED) is 0.747. The van der Waals surface area contributed by atoms with Crippen LogP contribution in [-0.2, 0) is 16.1 Å². The fraction of sp³-hybridized carbons (Fsp3) is 0.471. The molecule has 0 saturated carbocycles. The Labute approximate surface area is 155 Å². The summed E-state index contributed by atoms with van der Waals surface area (Å²) in [5.41, 5.74) is 1.14. The highest BCUT2D eigenvalue weighted by molar-refractivity contribution is 8.14. The lowest BCUT2D eigenvalue weighted by molar-refractivity contribution is -0.146. The first kappa shape index (κ1) is 17.2. The smallest absolute Gasteiger partial charge is 0.315 e. The van der Waals surface area contributed by atoms with Crippen LogP contribution >= 0.6 is 11.8 Å². The molecule has 3 aliphatic rings. The minimum Gasteiger partial charge on any atom is -0.454 e. The van der Waals surface area contributed by atoms with Crippen LogP contribution in [-0.4, -0.2) is 72.1 Å². The molecule has 0 aliphatic carbocycles. The predicted octanol–water partition coefficient (Wildman–Crippen LogP) is 0.279. The molecule has 9 heteroatoms. The molecule has 1 saturated heterocycles. The van der Waals surface area contributed by atoms with Crippen LogP contribution in [0.2, 0.25) is 0 Å². The van der Waals surface area contributed by atoms with Crippen LogP contribution < -0.4 is 14.8 Å². The maximum Gasteiger partial charge on any atom is 0.315 e. The van der Waals surface area contributed by atoms with Gasteiger partial charge >= 0.3 is 11.8 Å². The van der Waals surface area contributed by atoms with Crippen molar-refractivity contribution in [3.63, 3.8) is 0 Å². The summed E-state index contributed by atoms with van der Waals surface area (Å²) in [6, 6.07) is 5.94. The number of amides is 2. The molecule has 1 N–H and O–H groups in total. The Hall–Kier alpha value is -2.26. The van der Waals surface area contributed by atoms with E-state index in [4.69, 9.17) is 9.47 Å². The van der Waals surface area contributed by atoms with Crippen LogP contribution in [0.25, 0.3) is 0 Å². The zero-order chi connectivity index (χ0) is 17.9. The summed E-state index contributed by atoms with van der Waals surface area (Å²) in [6.45, 7) is 4.26. The van der Waals surface area contributed by atoms with Crippen molar-refractivity contribution >= 4 is 28.7 Å². The number of amidine groups is 1. The van der Waals surface area contributed by atoms with Crippen molar-refractivity contribution < 1.29 is 19.1 Å². The molecule has 0 spiro atoms. The van der Waals surface area contributed by atoms with Gasteiger partial charge in [0, 0.05) is 38.5 Å². The standard InChI is InChI=1S/C17H20N4O4S/c22-15(19-17-18-3-8-26-17)16(23)21-6-4-20(5-7-21)10-12-1-2-13-14(9-12)25-11-24-13/h1-2,9H,3-8,10-11H2,(H,18,19,22). The second-order valence-corrected chi connectivity index (χ2v) is 7.33. The van der Waals surface area contributed by atoms with E-state index in [1.807, 2.05) is 18.2 Å². The van der Waals surface area contributed by atoms with Crippen molar-refractivity contribution in [1.29, 1.82) is 0 Å². The number of carbonyl (C=O) groups is 2. The van der Waals surface area contributed by atoms with Crippen molar-refractivity contribution in [1.82, 2.24) is 15.1 Å². The molecule has 0 atom stereocenters. The van der Waals surface area contributed by atoms with Gasteiger partial charge in [0.05, 0.1) is 6.54 Å². The van der Waals surface area contributed by atoms with Crippen LogP contribution in [0, 0.1) is 0 Å². The minimum absolute atomic E-state index is 0.270. The van der Waals surface area contributed by atoms with E-state index >= 15 is 0 Å². The summed E-state index contributed by atoms with van der Waals surface area (Å²) in [7, 11) is 0. The van der Waals surface area contributed by atoms with Crippen LogP contribution in [0.1, 0.15) is 5.56 Å². The topological polar surface area (TPSA) is 83.5 Å². The molecule has 3 aliphatic heterocycles. The minimum atomic E-state index is -0.595. The van der Waals surface area contributed by atoms with E-state index in [2.05, 4.69) is 15.2 Å². The molecule has 0 radical (unpaired) electrons. The van der Waals surface area contributed by atoms with Gasteiger partial charge in [0.2, 0.25) is 6.79 Å². The van der Waals surface area contributed by atoms with Gasteiger partial charge in [-0.25, -0.2) is 0 Å². The number of hydrogen-bond acceptors (Lipinski definition) is 7. The molecule has 1 fully saturated rings. The molecular weight excluding hydrogens is 356 g/mol. The highest BCUT2D eigenvalue weighted by Crippen LogP contribution is 2.32. The Morgan fingerprint density at radius 3 is 2.73 bits per heavy atom. The summed E-state index contributed by atoms with van der Waals surface area (Å²) in [5, 5.41) is 3.14. The lowest BCUT2D eigenvalue weighted by atomic mass is 10.1. The number of nitrogens with one attached hydrogen (secondary N) is 1. The van der Waals surface area contributed by atoms with Crippen molar-refractivity contribution in [2.75, 3.05) is 45.3 Å². The van der Waals surface area contributed by atoms with Crippen LogP contribution in [0.5, 0.6) is 11.5 Å². The van der Waals surface area contributed by atoms with Crippen LogP contribution in [0.4, 0.5) is 0 Å².